The second-order valence-corrected chi connectivity index (χ2v) is 7.32. The van der Waals surface area contributed by atoms with Crippen LogP contribution < -0.4 is 9.80 Å². The molecule has 0 spiro atoms. The summed E-state index contributed by atoms with van der Waals surface area (Å²) in [7, 11) is 0. The van der Waals surface area contributed by atoms with Crippen LogP contribution in [0.15, 0.2) is 35.2 Å². The second kappa shape index (κ2) is 6.12. The average Bonchev–Trinajstić information content (AvgIpc) is 3.13. The molecule has 2 fully saturated rings. The number of rotatable bonds is 2. The van der Waals surface area contributed by atoms with Crippen LogP contribution in [-0.2, 0) is 6.18 Å². The first-order valence-corrected chi connectivity index (χ1v) is 8.71. The maximum Gasteiger partial charge on any atom is 0.419 e. The van der Waals surface area contributed by atoms with Crippen molar-refractivity contribution in [3.63, 3.8) is 0 Å². The molecule has 0 aromatic carbocycles. The number of alkyl halides is 3. The first-order valence-electron chi connectivity index (χ1n) is 7.91. The van der Waals surface area contributed by atoms with E-state index in [1.165, 1.54) is 12.3 Å². The Balaban J connectivity index is 1.49. The zero-order chi connectivity index (χ0) is 17.6. The fourth-order valence-corrected chi connectivity index (χ4v) is 3.87. The Bertz CT molecular complexity index is 753. The van der Waals surface area contributed by atoms with Gasteiger partial charge in [-0.05, 0) is 28.1 Å². The summed E-state index contributed by atoms with van der Waals surface area (Å²) in [6, 6.07) is 2.42. The normalized spacial score (nSPS) is 23.2. The van der Waals surface area contributed by atoms with Gasteiger partial charge in [-0.2, -0.15) is 13.2 Å². The monoisotopic (exact) mass is 413 g/mol. The van der Waals surface area contributed by atoms with Crippen molar-refractivity contribution in [2.24, 2.45) is 11.8 Å². The predicted octanol–water partition coefficient (Wildman–Crippen LogP) is 3.23. The Hall–Kier alpha value is -1.90. The van der Waals surface area contributed by atoms with E-state index in [0.717, 1.165) is 23.6 Å². The second-order valence-electron chi connectivity index (χ2n) is 6.40. The number of nitrogens with zero attached hydrogens (tertiary/aromatic N) is 5. The van der Waals surface area contributed by atoms with Crippen molar-refractivity contribution in [3.8, 4) is 0 Å². The van der Waals surface area contributed by atoms with E-state index in [2.05, 4.69) is 35.8 Å². The highest BCUT2D eigenvalue weighted by atomic mass is 79.9. The lowest BCUT2D eigenvalue weighted by molar-refractivity contribution is -0.137. The number of halogens is 4. The molecule has 2 aromatic heterocycles. The van der Waals surface area contributed by atoms with Crippen molar-refractivity contribution in [2.75, 3.05) is 36.0 Å². The molecule has 4 heterocycles. The minimum absolute atomic E-state index is 0.0378. The van der Waals surface area contributed by atoms with Gasteiger partial charge in [0.05, 0.1) is 10.0 Å². The minimum atomic E-state index is -4.39. The number of fused-ring (bicyclic) bond motifs is 1. The lowest BCUT2D eigenvalue weighted by atomic mass is 10.0. The summed E-state index contributed by atoms with van der Waals surface area (Å²) in [5, 5.41) is 0. The summed E-state index contributed by atoms with van der Waals surface area (Å²) in [5.41, 5.74) is -0.664. The Morgan fingerprint density at radius 2 is 1.56 bits per heavy atom. The van der Waals surface area contributed by atoms with Crippen LogP contribution in [0.3, 0.4) is 0 Å². The molecule has 2 saturated heterocycles. The molecule has 0 N–H and O–H groups in total. The van der Waals surface area contributed by atoms with Crippen molar-refractivity contribution >= 4 is 27.7 Å². The van der Waals surface area contributed by atoms with E-state index in [9.17, 15) is 13.2 Å². The first-order chi connectivity index (χ1) is 11.9. The molecule has 2 unspecified atom stereocenters. The highest BCUT2D eigenvalue weighted by molar-refractivity contribution is 9.10. The number of hydrogen-bond donors (Lipinski definition) is 0. The van der Waals surface area contributed by atoms with Crippen molar-refractivity contribution in [3.05, 3.63) is 40.8 Å². The number of hydrogen-bond acceptors (Lipinski definition) is 5. The number of aromatic nitrogens is 3. The van der Waals surface area contributed by atoms with E-state index in [1.54, 1.807) is 17.3 Å². The van der Waals surface area contributed by atoms with E-state index in [0.29, 0.717) is 19.0 Å². The highest BCUT2D eigenvalue weighted by Crippen LogP contribution is 2.40. The molecule has 0 amide bonds. The largest absolute Gasteiger partial charge is 0.419 e. The zero-order valence-corrected chi connectivity index (χ0v) is 14.7. The van der Waals surface area contributed by atoms with Crippen molar-refractivity contribution < 1.29 is 13.2 Å². The summed E-state index contributed by atoms with van der Waals surface area (Å²) in [6.45, 7) is 2.63. The van der Waals surface area contributed by atoms with Crippen LogP contribution >= 0.6 is 15.9 Å². The third kappa shape index (κ3) is 3.17. The molecular weight excluding hydrogens is 399 g/mol. The lowest BCUT2D eigenvalue weighted by Gasteiger charge is -2.24. The van der Waals surface area contributed by atoms with Crippen molar-refractivity contribution in [1.29, 1.82) is 0 Å². The van der Waals surface area contributed by atoms with E-state index in [-0.39, 0.29) is 17.7 Å². The van der Waals surface area contributed by atoms with Gasteiger partial charge in [0.2, 0.25) is 5.95 Å². The van der Waals surface area contributed by atoms with E-state index in [1.807, 2.05) is 0 Å². The standard InChI is InChI=1S/C16H15BrF3N5/c17-12-4-22-15(23-5-12)25-8-10-6-24(7-11(10)9-25)14-13(16(18,19)20)2-1-3-21-14/h1-5,10-11H,6-9H2. The zero-order valence-electron chi connectivity index (χ0n) is 13.1. The van der Waals surface area contributed by atoms with Crippen molar-refractivity contribution in [2.45, 2.75) is 6.18 Å². The van der Waals surface area contributed by atoms with Gasteiger partial charge < -0.3 is 9.80 Å². The Kier molecular flexibility index (Phi) is 4.05. The highest BCUT2D eigenvalue weighted by Gasteiger charge is 2.44. The Morgan fingerprint density at radius 3 is 2.16 bits per heavy atom. The number of pyridine rings is 1. The molecule has 25 heavy (non-hydrogen) atoms. The van der Waals surface area contributed by atoms with E-state index < -0.39 is 11.7 Å². The molecule has 2 aliphatic heterocycles. The molecule has 5 nitrogen and oxygen atoms in total. The van der Waals surface area contributed by atoms with Gasteiger partial charge in [-0.25, -0.2) is 15.0 Å². The number of anilines is 2. The molecule has 132 valence electrons. The molecule has 2 aromatic rings. The van der Waals surface area contributed by atoms with Crippen LogP contribution in [0.25, 0.3) is 0 Å². The van der Waals surface area contributed by atoms with Gasteiger partial charge in [0.1, 0.15) is 5.82 Å². The molecule has 9 heteroatoms. The fourth-order valence-electron chi connectivity index (χ4n) is 3.67. The van der Waals surface area contributed by atoms with Gasteiger partial charge in [-0.1, -0.05) is 0 Å². The van der Waals surface area contributed by atoms with Crippen LogP contribution in [-0.4, -0.2) is 41.1 Å². The maximum atomic E-state index is 13.2. The fraction of sp³-hybridized carbons (Fsp3) is 0.438. The summed E-state index contributed by atoms with van der Waals surface area (Å²) >= 11 is 3.31. The van der Waals surface area contributed by atoms with Crippen LogP contribution in [0, 0.1) is 11.8 Å². The van der Waals surface area contributed by atoms with Gasteiger partial charge in [0, 0.05) is 56.6 Å². The van der Waals surface area contributed by atoms with Gasteiger partial charge >= 0.3 is 6.18 Å². The van der Waals surface area contributed by atoms with Crippen molar-refractivity contribution in [1.82, 2.24) is 15.0 Å². The van der Waals surface area contributed by atoms with Crippen LogP contribution in [0.2, 0.25) is 0 Å². The quantitative estimate of drug-likeness (QED) is 0.756. The van der Waals surface area contributed by atoms with Gasteiger partial charge in [-0.15, -0.1) is 0 Å². The summed E-state index contributed by atoms with van der Waals surface area (Å²) < 4.78 is 40.5. The Morgan fingerprint density at radius 1 is 0.960 bits per heavy atom. The predicted molar refractivity (Wildman–Crippen MR) is 90.4 cm³/mol. The molecular formula is C16H15BrF3N5. The lowest BCUT2D eigenvalue weighted by Crippen LogP contribution is -2.31. The molecule has 0 saturated carbocycles. The maximum absolute atomic E-state index is 13.2. The smallest absolute Gasteiger partial charge is 0.355 e. The van der Waals surface area contributed by atoms with Gasteiger partial charge in [0.15, 0.2) is 0 Å². The topological polar surface area (TPSA) is 45.2 Å². The van der Waals surface area contributed by atoms with E-state index in [4.69, 9.17) is 0 Å². The summed E-state index contributed by atoms with van der Waals surface area (Å²) in [6.07, 6.45) is 0.428. The first kappa shape index (κ1) is 16.6. The molecule has 0 radical (unpaired) electrons. The molecule has 0 aliphatic carbocycles. The summed E-state index contributed by atoms with van der Waals surface area (Å²) in [4.78, 5) is 16.5. The third-order valence-electron chi connectivity index (χ3n) is 4.77. The molecule has 0 bridgehead atoms. The van der Waals surface area contributed by atoms with Crippen LogP contribution in [0.1, 0.15) is 5.56 Å². The van der Waals surface area contributed by atoms with E-state index >= 15 is 0 Å². The molecule has 2 atom stereocenters. The SMILES string of the molecule is FC(F)(F)c1cccnc1N1CC2CN(c3ncc(Br)cn3)CC2C1. The summed E-state index contributed by atoms with van der Waals surface area (Å²) in [5.74, 6) is 1.28. The Labute approximate surface area is 151 Å². The third-order valence-corrected chi connectivity index (χ3v) is 5.18. The van der Waals surface area contributed by atoms with Crippen LogP contribution in [0.5, 0.6) is 0 Å². The van der Waals surface area contributed by atoms with Crippen LogP contribution in [0.4, 0.5) is 24.9 Å². The van der Waals surface area contributed by atoms with Gasteiger partial charge in [-0.3, -0.25) is 0 Å². The average molecular weight is 414 g/mol. The molecule has 4 rings (SSSR count). The molecule has 2 aliphatic rings. The van der Waals surface area contributed by atoms with Gasteiger partial charge in [0.25, 0.3) is 0 Å². The minimum Gasteiger partial charge on any atom is -0.355 e.